The van der Waals surface area contributed by atoms with Gasteiger partial charge in [0.25, 0.3) is 0 Å². The van der Waals surface area contributed by atoms with Crippen LogP contribution in [-0.2, 0) is 9.53 Å². The molecule has 1 fully saturated rings. The molecule has 20 heavy (non-hydrogen) atoms. The number of carbonyl (C=O) groups is 2. The van der Waals surface area contributed by atoms with E-state index in [0.717, 1.165) is 0 Å². The molecule has 1 amide bonds. The van der Waals surface area contributed by atoms with Gasteiger partial charge in [-0.1, -0.05) is 22.6 Å². The average Bonchev–Trinajstić information content (AvgIpc) is 2.63. The first-order valence-electron chi connectivity index (χ1n) is 6.50. The summed E-state index contributed by atoms with van der Waals surface area (Å²) in [7, 11) is 0. The molecular weight excluding hydrogens is 383 g/mol. The minimum absolute atomic E-state index is 0.167. The molecule has 1 aliphatic rings. The molecule has 0 aliphatic heterocycles. The Morgan fingerprint density at radius 1 is 1.45 bits per heavy atom. The van der Waals surface area contributed by atoms with Crippen molar-refractivity contribution in [2.24, 2.45) is 5.92 Å². The lowest BCUT2D eigenvalue weighted by atomic mass is 9.95. The summed E-state index contributed by atoms with van der Waals surface area (Å²) in [6.45, 7) is 5.10. The molecule has 1 aliphatic carbocycles. The van der Waals surface area contributed by atoms with Crippen LogP contribution in [0.25, 0.3) is 0 Å². The van der Waals surface area contributed by atoms with Gasteiger partial charge in [-0.3, -0.25) is 4.79 Å². The number of nitrogens with one attached hydrogen (secondary N) is 1. The first-order chi connectivity index (χ1) is 9.04. The van der Waals surface area contributed by atoms with E-state index < -0.39 is 29.6 Å². The lowest BCUT2D eigenvalue weighted by Gasteiger charge is -2.26. The summed E-state index contributed by atoms with van der Waals surface area (Å²) in [6.07, 6.45) is -1.11. The highest BCUT2D eigenvalue weighted by molar-refractivity contribution is 14.1. The van der Waals surface area contributed by atoms with Crippen LogP contribution in [0.4, 0.5) is 13.6 Å². The van der Waals surface area contributed by atoms with E-state index in [1.54, 1.807) is 20.8 Å². The van der Waals surface area contributed by atoms with Crippen molar-refractivity contribution in [3.8, 4) is 0 Å². The molecule has 2 atom stereocenters. The van der Waals surface area contributed by atoms with Crippen molar-refractivity contribution in [2.45, 2.75) is 57.6 Å². The Labute approximate surface area is 131 Å². The number of alkyl carbamates (subject to hydrolysis) is 1. The summed E-state index contributed by atoms with van der Waals surface area (Å²) < 4.78 is 31.8. The molecule has 0 aromatic rings. The van der Waals surface area contributed by atoms with E-state index in [4.69, 9.17) is 4.74 Å². The van der Waals surface area contributed by atoms with Crippen LogP contribution in [0.15, 0.2) is 0 Å². The Morgan fingerprint density at radius 2 is 2.05 bits per heavy atom. The standard InChI is InChI=1S/C13H20F2INO3/c1-12(2,3)20-11(19)17-10(9(18)7-16)8-4-5-13(14,15)6-8/h8,10H,4-7H2,1-3H3,(H,17,19)/t8-,10?/m1/s1. The molecule has 4 nitrogen and oxygen atoms in total. The van der Waals surface area contributed by atoms with Gasteiger partial charge in [0.05, 0.1) is 10.5 Å². The fourth-order valence-electron chi connectivity index (χ4n) is 2.25. The van der Waals surface area contributed by atoms with Gasteiger partial charge in [-0.05, 0) is 33.1 Å². The molecule has 0 aromatic heterocycles. The highest BCUT2D eigenvalue weighted by atomic mass is 127. The first kappa shape index (κ1) is 17.6. The number of halogens is 3. The smallest absolute Gasteiger partial charge is 0.408 e. The molecule has 1 saturated carbocycles. The number of amides is 1. The van der Waals surface area contributed by atoms with Gasteiger partial charge in [-0.2, -0.15) is 0 Å². The third kappa shape index (κ3) is 5.49. The first-order valence-corrected chi connectivity index (χ1v) is 8.03. The van der Waals surface area contributed by atoms with Gasteiger partial charge in [-0.25, -0.2) is 13.6 Å². The minimum atomic E-state index is -2.75. The molecule has 0 bridgehead atoms. The molecule has 1 N–H and O–H groups in total. The Hall–Kier alpha value is -0.470. The van der Waals surface area contributed by atoms with Crippen LogP contribution in [0, 0.1) is 5.92 Å². The van der Waals surface area contributed by atoms with E-state index in [1.165, 1.54) is 0 Å². The quantitative estimate of drug-likeness (QED) is 0.579. The molecule has 116 valence electrons. The number of ketones is 1. The molecule has 0 aromatic carbocycles. The molecule has 7 heteroatoms. The number of hydrogen-bond donors (Lipinski definition) is 1. The largest absolute Gasteiger partial charge is 0.444 e. The Bertz CT molecular complexity index is 382. The summed E-state index contributed by atoms with van der Waals surface area (Å²) in [5.74, 6) is -3.52. The number of alkyl halides is 3. The third-order valence-electron chi connectivity index (χ3n) is 3.06. The predicted molar refractivity (Wildman–Crippen MR) is 79.3 cm³/mol. The highest BCUT2D eigenvalue weighted by Crippen LogP contribution is 2.40. The van der Waals surface area contributed by atoms with Gasteiger partial charge in [0.15, 0.2) is 5.78 Å². The maximum absolute atomic E-state index is 13.3. The maximum Gasteiger partial charge on any atom is 0.408 e. The summed E-state index contributed by atoms with van der Waals surface area (Å²) in [5.41, 5.74) is -0.693. The van der Waals surface area contributed by atoms with Crippen LogP contribution >= 0.6 is 22.6 Å². The van der Waals surface area contributed by atoms with Crippen molar-refractivity contribution < 1.29 is 23.1 Å². The lowest BCUT2D eigenvalue weighted by molar-refractivity contribution is -0.119. The van der Waals surface area contributed by atoms with Gasteiger partial charge < -0.3 is 10.1 Å². The monoisotopic (exact) mass is 403 g/mol. The van der Waals surface area contributed by atoms with Crippen molar-refractivity contribution in [1.82, 2.24) is 5.32 Å². The van der Waals surface area contributed by atoms with Gasteiger partial charge in [0, 0.05) is 12.8 Å². The van der Waals surface area contributed by atoms with Crippen molar-refractivity contribution in [2.75, 3.05) is 4.43 Å². The Kier molecular flexibility index (Phi) is 5.74. The number of hydrogen-bond acceptors (Lipinski definition) is 3. The van der Waals surface area contributed by atoms with E-state index in [2.05, 4.69) is 5.32 Å². The van der Waals surface area contributed by atoms with Gasteiger partial charge in [0.1, 0.15) is 5.60 Å². The van der Waals surface area contributed by atoms with E-state index in [-0.39, 0.29) is 29.5 Å². The molecule has 1 rings (SSSR count). The zero-order valence-electron chi connectivity index (χ0n) is 11.8. The van der Waals surface area contributed by atoms with Crippen LogP contribution in [0.2, 0.25) is 0 Å². The van der Waals surface area contributed by atoms with Crippen LogP contribution in [0.3, 0.4) is 0 Å². The molecule has 0 heterocycles. The zero-order chi connectivity index (χ0) is 15.6. The third-order valence-corrected chi connectivity index (χ3v) is 3.82. The van der Waals surface area contributed by atoms with Crippen molar-refractivity contribution >= 4 is 34.5 Å². The van der Waals surface area contributed by atoms with Crippen LogP contribution in [0.5, 0.6) is 0 Å². The fraction of sp³-hybridized carbons (Fsp3) is 0.846. The topological polar surface area (TPSA) is 55.4 Å². The van der Waals surface area contributed by atoms with E-state index in [0.29, 0.717) is 0 Å². The second-order valence-electron chi connectivity index (χ2n) is 6.08. The molecule has 1 unspecified atom stereocenters. The average molecular weight is 403 g/mol. The van der Waals surface area contributed by atoms with E-state index >= 15 is 0 Å². The summed E-state index contributed by atoms with van der Waals surface area (Å²) >= 11 is 1.87. The number of carbonyl (C=O) groups excluding carboxylic acids is 2. The zero-order valence-corrected chi connectivity index (χ0v) is 14.0. The highest BCUT2D eigenvalue weighted by Gasteiger charge is 2.44. The Morgan fingerprint density at radius 3 is 2.45 bits per heavy atom. The number of rotatable bonds is 4. The fourth-order valence-corrected chi connectivity index (χ4v) is 2.72. The van der Waals surface area contributed by atoms with E-state index in [1.807, 2.05) is 22.6 Å². The van der Waals surface area contributed by atoms with Gasteiger partial charge >= 0.3 is 6.09 Å². The lowest BCUT2D eigenvalue weighted by Crippen LogP contribution is -2.47. The van der Waals surface area contributed by atoms with Gasteiger partial charge in [0.2, 0.25) is 5.92 Å². The molecule has 0 saturated heterocycles. The summed E-state index contributed by atoms with van der Waals surface area (Å²) in [6, 6.07) is -0.893. The van der Waals surface area contributed by atoms with Gasteiger partial charge in [-0.15, -0.1) is 0 Å². The second-order valence-corrected chi connectivity index (χ2v) is 6.85. The number of ether oxygens (including phenoxy) is 1. The maximum atomic E-state index is 13.3. The minimum Gasteiger partial charge on any atom is -0.444 e. The van der Waals surface area contributed by atoms with Crippen LogP contribution in [0.1, 0.15) is 40.0 Å². The Balaban J connectivity index is 2.71. The normalized spacial score (nSPS) is 23.2. The SMILES string of the molecule is CC(C)(C)OC(=O)NC(C(=O)CI)[C@@H]1CCC(F)(F)C1. The molecular formula is C13H20F2INO3. The van der Waals surface area contributed by atoms with Crippen molar-refractivity contribution in [3.05, 3.63) is 0 Å². The summed E-state index contributed by atoms with van der Waals surface area (Å²) in [4.78, 5) is 23.6. The summed E-state index contributed by atoms with van der Waals surface area (Å²) in [5, 5.41) is 2.46. The molecule has 0 spiro atoms. The second kappa shape index (κ2) is 6.53. The van der Waals surface area contributed by atoms with Crippen LogP contribution in [-0.4, -0.2) is 33.9 Å². The van der Waals surface area contributed by atoms with E-state index in [9.17, 15) is 18.4 Å². The molecule has 0 radical (unpaired) electrons. The van der Waals surface area contributed by atoms with Crippen molar-refractivity contribution in [3.63, 3.8) is 0 Å². The predicted octanol–water partition coefficient (Wildman–Crippen LogP) is 3.32. The van der Waals surface area contributed by atoms with Crippen LogP contribution < -0.4 is 5.32 Å². The number of Topliss-reactive ketones (excluding diaryl/α,β-unsaturated/α-hetero) is 1. The van der Waals surface area contributed by atoms with Crippen molar-refractivity contribution in [1.29, 1.82) is 0 Å².